The summed E-state index contributed by atoms with van der Waals surface area (Å²) in [5.41, 5.74) is 0. The van der Waals surface area contributed by atoms with Crippen molar-refractivity contribution < 1.29 is 13.5 Å². The van der Waals surface area contributed by atoms with Crippen molar-refractivity contribution in [1.29, 1.82) is 0 Å². The van der Waals surface area contributed by atoms with E-state index in [0.717, 1.165) is 0 Å². The van der Waals surface area contributed by atoms with Crippen LogP contribution in [0.5, 0.6) is 0 Å². The second kappa shape index (κ2) is 3.86. The zero-order valence-electron chi connectivity index (χ0n) is 4.70. The average molecular weight is 138 g/mol. The highest BCUT2D eigenvalue weighted by molar-refractivity contribution is 7.73. The van der Waals surface area contributed by atoms with Crippen LogP contribution < -0.4 is 0 Å². The average Bonchev–Trinajstić information content (AvgIpc) is 1.67. The summed E-state index contributed by atoms with van der Waals surface area (Å²) in [7, 11) is -2.33. The van der Waals surface area contributed by atoms with E-state index in [0.29, 0.717) is 6.42 Å². The number of hydrogen-bond donors (Lipinski definition) is 2. The number of aliphatic hydroxyl groups excluding tert-OH is 1. The van der Waals surface area contributed by atoms with E-state index in [2.05, 4.69) is 0 Å². The first-order chi connectivity index (χ1) is 3.68. The van der Waals surface area contributed by atoms with Gasteiger partial charge in [-0.05, 0) is 13.3 Å². The molecule has 0 aromatic heterocycles. The zero-order chi connectivity index (χ0) is 6.57. The lowest BCUT2D eigenvalue weighted by molar-refractivity contribution is 0.287. The van der Waals surface area contributed by atoms with Crippen LogP contribution in [0.3, 0.4) is 0 Å². The molecule has 0 radical (unpaired) electrons. The first-order valence-electron chi connectivity index (χ1n) is 2.43. The molecule has 0 aliphatic heterocycles. The van der Waals surface area contributed by atoms with Gasteiger partial charge in [-0.2, -0.15) is 0 Å². The smallest absolute Gasteiger partial charge is 0.142 e. The maximum atomic E-state index is 10.0. The van der Waals surface area contributed by atoms with Gasteiger partial charge in [0.05, 0.1) is 5.25 Å². The first-order valence-corrected chi connectivity index (χ1v) is 3.67. The molecule has 3 nitrogen and oxygen atoms in total. The van der Waals surface area contributed by atoms with Crippen molar-refractivity contribution in [3.8, 4) is 0 Å². The maximum absolute atomic E-state index is 10.0. The number of hydrogen-bond acceptors (Lipinski definition) is 3. The van der Waals surface area contributed by atoms with Gasteiger partial charge in [-0.1, -0.05) is 0 Å². The largest absolute Gasteiger partial charge is 0.396 e. The fourth-order valence-corrected chi connectivity index (χ4v) is 0.619. The van der Waals surface area contributed by atoms with Crippen LogP contribution in [-0.2, 0) is 10.7 Å². The number of rotatable bonds is 3. The van der Waals surface area contributed by atoms with E-state index >= 15 is 0 Å². The Morgan fingerprint density at radius 1 is 1.62 bits per heavy atom. The molecule has 0 saturated heterocycles. The standard InChI is InChI=1S/C4H10O3S/c1-4(2-3-5)8(6)7/h4-5,8H,2-3H2,1H3. The van der Waals surface area contributed by atoms with Crippen LogP contribution in [0.25, 0.3) is 0 Å². The molecule has 0 bridgehead atoms. The van der Waals surface area contributed by atoms with Gasteiger partial charge in [0.25, 0.3) is 0 Å². The summed E-state index contributed by atoms with van der Waals surface area (Å²) in [4.78, 5) is 0. The van der Waals surface area contributed by atoms with Crippen molar-refractivity contribution in [1.82, 2.24) is 0 Å². The van der Waals surface area contributed by atoms with E-state index in [1.165, 1.54) is 0 Å². The Morgan fingerprint density at radius 3 is 2.25 bits per heavy atom. The third kappa shape index (κ3) is 2.98. The molecule has 0 aliphatic rings. The Bertz CT molecular complexity index is 110. The molecule has 8 heavy (non-hydrogen) atoms. The van der Waals surface area contributed by atoms with Crippen molar-refractivity contribution in [2.75, 3.05) is 6.61 Å². The molecule has 1 N–H and O–H groups in total. The normalized spacial score (nSPS) is 14.4. The highest BCUT2D eigenvalue weighted by Crippen LogP contribution is 1.91. The SMILES string of the molecule is CC(CCO)[SH](=O)=O. The van der Waals surface area contributed by atoms with Crippen LogP contribution in [0.1, 0.15) is 13.3 Å². The highest BCUT2D eigenvalue weighted by atomic mass is 32.2. The monoisotopic (exact) mass is 138 g/mol. The fourth-order valence-electron chi connectivity index (χ4n) is 0.292. The summed E-state index contributed by atoms with van der Waals surface area (Å²) < 4.78 is 20.0. The van der Waals surface area contributed by atoms with E-state index in [1.807, 2.05) is 0 Å². The van der Waals surface area contributed by atoms with Crippen LogP contribution >= 0.6 is 0 Å². The molecule has 0 heterocycles. The van der Waals surface area contributed by atoms with Crippen LogP contribution in [0.4, 0.5) is 0 Å². The Hall–Kier alpha value is -0.0900. The van der Waals surface area contributed by atoms with Crippen molar-refractivity contribution in [3.63, 3.8) is 0 Å². The molecule has 0 amide bonds. The summed E-state index contributed by atoms with van der Waals surface area (Å²) in [5, 5.41) is 7.84. The van der Waals surface area contributed by atoms with Gasteiger partial charge in [0, 0.05) is 6.61 Å². The minimum atomic E-state index is -2.33. The second-order valence-electron chi connectivity index (χ2n) is 1.65. The summed E-state index contributed by atoms with van der Waals surface area (Å²) in [6.45, 7) is 1.52. The van der Waals surface area contributed by atoms with E-state index in [4.69, 9.17) is 5.11 Å². The van der Waals surface area contributed by atoms with Crippen LogP contribution in [0.15, 0.2) is 0 Å². The van der Waals surface area contributed by atoms with Crippen molar-refractivity contribution in [3.05, 3.63) is 0 Å². The van der Waals surface area contributed by atoms with Crippen LogP contribution in [0.2, 0.25) is 0 Å². The summed E-state index contributed by atoms with van der Waals surface area (Å²) >= 11 is 0. The molecule has 50 valence electrons. The quantitative estimate of drug-likeness (QED) is 0.510. The van der Waals surface area contributed by atoms with Gasteiger partial charge in [0.2, 0.25) is 0 Å². The molecule has 4 heteroatoms. The molecule has 0 spiro atoms. The predicted molar refractivity (Wildman–Crippen MR) is 31.5 cm³/mol. The van der Waals surface area contributed by atoms with Gasteiger partial charge in [0.15, 0.2) is 0 Å². The Morgan fingerprint density at radius 2 is 2.12 bits per heavy atom. The molecule has 0 aromatic carbocycles. The van der Waals surface area contributed by atoms with Gasteiger partial charge >= 0.3 is 0 Å². The minimum absolute atomic E-state index is 0.0511. The molecule has 1 atom stereocenters. The predicted octanol–water partition coefficient (Wildman–Crippen LogP) is -0.631. The fraction of sp³-hybridized carbons (Fsp3) is 1.00. The molecule has 0 aliphatic carbocycles. The second-order valence-corrected chi connectivity index (χ2v) is 3.10. The van der Waals surface area contributed by atoms with Crippen molar-refractivity contribution in [2.45, 2.75) is 18.6 Å². The van der Waals surface area contributed by atoms with E-state index in [9.17, 15) is 8.42 Å². The third-order valence-electron chi connectivity index (χ3n) is 0.907. The molecular formula is C4H10O3S. The van der Waals surface area contributed by atoms with Crippen LogP contribution in [0, 0.1) is 0 Å². The molecule has 1 unspecified atom stereocenters. The Kier molecular flexibility index (Phi) is 3.81. The molecule has 0 rings (SSSR count). The van der Waals surface area contributed by atoms with Crippen molar-refractivity contribution >= 4 is 10.7 Å². The lowest BCUT2D eigenvalue weighted by Crippen LogP contribution is -2.05. The summed E-state index contributed by atoms with van der Waals surface area (Å²) in [5.74, 6) is 0. The van der Waals surface area contributed by atoms with Gasteiger partial charge in [-0.15, -0.1) is 0 Å². The molecule has 0 aromatic rings. The lowest BCUT2D eigenvalue weighted by Gasteiger charge is -1.95. The number of aliphatic hydroxyl groups is 1. The lowest BCUT2D eigenvalue weighted by atomic mass is 10.4. The van der Waals surface area contributed by atoms with Gasteiger partial charge in [-0.25, -0.2) is 8.42 Å². The summed E-state index contributed by atoms with van der Waals surface area (Å²) in [6, 6.07) is 0. The van der Waals surface area contributed by atoms with E-state index in [-0.39, 0.29) is 11.9 Å². The zero-order valence-corrected chi connectivity index (χ0v) is 5.60. The van der Waals surface area contributed by atoms with Gasteiger partial charge in [0.1, 0.15) is 10.7 Å². The van der Waals surface area contributed by atoms with E-state index < -0.39 is 10.7 Å². The molecular weight excluding hydrogens is 128 g/mol. The first kappa shape index (κ1) is 7.91. The van der Waals surface area contributed by atoms with Gasteiger partial charge in [-0.3, -0.25) is 0 Å². The minimum Gasteiger partial charge on any atom is -0.396 e. The maximum Gasteiger partial charge on any atom is 0.142 e. The highest BCUT2D eigenvalue weighted by Gasteiger charge is 2.00. The Labute approximate surface area is 50.3 Å². The molecule has 0 saturated carbocycles. The number of thiol groups is 1. The van der Waals surface area contributed by atoms with Crippen LogP contribution in [-0.4, -0.2) is 25.4 Å². The summed E-state index contributed by atoms with van der Waals surface area (Å²) in [6.07, 6.45) is 0.346. The van der Waals surface area contributed by atoms with Crippen molar-refractivity contribution in [2.24, 2.45) is 0 Å². The topological polar surface area (TPSA) is 54.4 Å². The Balaban J connectivity index is 3.48. The molecule has 0 fully saturated rings. The van der Waals surface area contributed by atoms with E-state index in [1.54, 1.807) is 6.92 Å². The van der Waals surface area contributed by atoms with Gasteiger partial charge < -0.3 is 5.11 Å². The third-order valence-corrected chi connectivity index (χ3v) is 1.88.